The van der Waals surface area contributed by atoms with Gasteiger partial charge in [0.25, 0.3) is 5.91 Å². The topological polar surface area (TPSA) is 47.1 Å². The van der Waals surface area contributed by atoms with Gasteiger partial charge in [-0.2, -0.15) is 0 Å². The molecule has 2 aromatic carbocycles. The highest BCUT2D eigenvalue weighted by Crippen LogP contribution is 2.16. The molecule has 170 valence electrons. The van der Waals surface area contributed by atoms with Crippen LogP contribution in [0.25, 0.3) is 0 Å². The first-order chi connectivity index (χ1) is 15.6. The van der Waals surface area contributed by atoms with Gasteiger partial charge >= 0.3 is 0 Å². The molecule has 2 aliphatic rings. The lowest BCUT2D eigenvalue weighted by molar-refractivity contribution is -0.132. The number of carbonyl (C=O) groups excluding carboxylic acids is 2. The van der Waals surface area contributed by atoms with Gasteiger partial charge in [0.1, 0.15) is 5.82 Å². The van der Waals surface area contributed by atoms with E-state index >= 15 is 0 Å². The second-order valence-corrected chi connectivity index (χ2v) is 8.42. The molecule has 0 atom stereocenters. The maximum absolute atomic E-state index is 13.9. The lowest BCUT2D eigenvalue weighted by atomic mass is 10.1. The number of halogens is 1. The molecule has 0 bridgehead atoms. The van der Waals surface area contributed by atoms with Crippen molar-refractivity contribution in [3.8, 4) is 0 Å². The molecule has 2 saturated heterocycles. The van der Waals surface area contributed by atoms with E-state index in [1.807, 2.05) is 11.0 Å². The highest BCUT2D eigenvalue weighted by Gasteiger charge is 2.26. The third-order valence-electron chi connectivity index (χ3n) is 6.38. The summed E-state index contributed by atoms with van der Waals surface area (Å²) in [6.45, 7) is 6.89. The van der Waals surface area contributed by atoms with Crippen LogP contribution in [0.15, 0.2) is 54.6 Å². The van der Waals surface area contributed by atoms with Crippen LogP contribution in [0.1, 0.15) is 23.2 Å². The smallest absolute Gasteiger partial charge is 0.256 e. The number of rotatable bonds is 6. The van der Waals surface area contributed by atoms with Crippen molar-refractivity contribution in [2.45, 2.75) is 12.8 Å². The molecule has 0 spiro atoms. The van der Waals surface area contributed by atoms with Crippen molar-refractivity contribution in [2.75, 3.05) is 63.8 Å². The Morgan fingerprint density at radius 3 is 2.06 bits per heavy atom. The van der Waals surface area contributed by atoms with E-state index in [9.17, 15) is 14.0 Å². The second-order valence-electron chi connectivity index (χ2n) is 8.42. The summed E-state index contributed by atoms with van der Waals surface area (Å²) in [6.07, 6.45) is 1.37. The first kappa shape index (κ1) is 22.3. The summed E-state index contributed by atoms with van der Waals surface area (Å²) in [7, 11) is 0. The summed E-state index contributed by atoms with van der Waals surface area (Å²) in [6, 6.07) is 16.5. The number of nitrogens with zero attached hydrogens (tertiary/aromatic N) is 4. The van der Waals surface area contributed by atoms with Crippen LogP contribution in [0.3, 0.4) is 0 Å². The van der Waals surface area contributed by atoms with Crippen molar-refractivity contribution < 1.29 is 14.0 Å². The number of piperazine rings is 2. The van der Waals surface area contributed by atoms with E-state index in [2.05, 4.69) is 34.1 Å². The summed E-state index contributed by atoms with van der Waals surface area (Å²) < 4.78 is 13.9. The van der Waals surface area contributed by atoms with Crippen LogP contribution in [0, 0.1) is 5.82 Å². The Balaban J connectivity index is 1.15. The monoisotopic (exact) mass is 438 g/mol. The van der Waals surface area contributed by atoms with E-state index in [0.717, 1.165) is 39.1 Å². The minimum absolute atomic E-state index is 0.0969. The van der Waals surface area contributed by atoms with Gasteiger partial charge in [-0.1, -0.05) is 30.3 Å². The van der Waals surface area contributed by atoms with Gasteiger partial charge < -0.3 is 14.7 Å². The average Bonchev–Trinajstić information content (AvgIpc) is 2.85. The predicted molar refractivity (Wildman–Crippen MR) is 123 cm³/mol. The fourth-order valence-electron chi connectivity index (χ4n) is 4.44. The van der Waals surface area contributed by atoms with E-state index in [0.29, 0.717) is 32.6 Å². The zero-order chi connectivity index (χ0) is 22.3. The lowest BCUT2D eigenvalue weighted by Crippen LogP contribution is -2.51. The van der Waals surface area contributed by atoms with Crippen LogP contribution >= 0.6 is 0 Å². The van der Waals surface area contributed by atoms with Gasteiger partial charge in [0, 0.05) is 64.5 Å². The number of hydrogen-bond acceptors (Lipinski definition) is 4. The van der Waals surface area contributed by atoms with Gasteiger partial charge in [-0.3, -0.25) is 14.5 Å². The Bertz CT molecular complexity index is 907. The van der Waals surface area contributed by atoms with E-state index in [1.165, 1.54) is 17.8 Å². The maximum Gasteiger partial charge on any atom is 0.256 e. The molecule has 7 heteroatoms. The zero-order valence-corrected chi connectivity index (χ0v) is 18.5. The van der Waals surface area contributed by atoms with Crippen molar-refractivity contribution in [1.82, 2.24) is 14.7 Å². The Labute approximate surface area is 189 Å². The number of carbonyl (C=O) groups is 2. The SMILES string of the molecule is O=C(CCCN1CCN(c2ccccc2)CC1)N1CCN(C(=O)c2ccccc2F)CC1. The van der Waals surface area contributed by atoms with E-state index < -0.39 is 5.82 Å². The van der Waals surface area contributed by atoms with Gasteiger partial charge in [0.05, 0.1) is 5.56 Å². The zero-order valence-electron chi connectivity index (χ0n) is 18.5. The summed E-state index contributed by atoms with van der Waals surface area (Å²) in [4.78, 5) is 33.4. The Hall–Kier alpha value is -2.93. The molecule has 0 aromatic heterocycles. The Morgan fingerprint density at radius 2 is 1.38 bits per heavy atom. The summed E-state index contributed by atoms with van der Waals surface area (Å²) in [5.74, 6) is -0.656. The van der Waals surface area contributed by atoms with Gasteiger partial charge in [0.2, 0.25) is 5.91 Å². The van der Waals surface area contributed by atoms with Crippen LogP contribution in [0.2, 0.25) is 0 Å². The largest absolute Gasteiger partial charge is 0.369 e. The third-order valence-corrected chi connectivity index (χ3v) is 6.38. The fraction of sp³-hybridized carbons (Fsp3) is 0.440. The minimum atomic E-state index is -0.499. The molecular weight excluding hydrogens is 407 g/mol. The fourth-order valence-corrected chi connectivity index (χ4v) is 4.44. The van der Waals surface area contributed by atoms with Gasteiger partial charge in [-0.05, 0) is 37.2 Å². The first-order valence-corrected chi connectivity index (χ1v) is 11.5. The number of benzene rings is 2. The molecule has 4 rings (SSSR count). The van der Waals surface area contributed by atoms with Crippen LogP contribution < -0.4 is 4.90 Å². The van der Waals surface area contributed by atoms with Crippen molar-refractivity contribution in [3.63, 3.8) is 0 Å². The first-order valence-electron chi connectivity index (χ1n) is 11.5. The quantitative estimate of drug-likeness (QED) is 0.696. The summed E-state index contributed by atoms with van der Waals surface area (Å²) in [5, 5.41) is 0. The van der Waals surface area contributed by atoms with Crippen molar-refractivity contribution >= 4 is 17.5 Å². The standard InChI is InChI=1S/C25H31FN4O2/c26-23-10-5-4-9-22(23)25(32)30-19-17-29(18-20-30)24(31)11-6-12-27-13-15-28(16-14-27)21-7-2-1-3-8-21/h1-5,7-10H,6,11-20H2. The van der Waals surface area contributed by atoms with Gasteiger partial charge in [0.15, 0.2) is 0 Å². The molecule has 2 fully saturated rings. The predicted octanol–water partition coefficient (Wildman–Crippen LogP) is 2.71. The Kier molecular flexibility index (Phi) is 7.37. The van der Waals surface area contributed by atoms with Crippen LogP contribution in [-0.2, 0) is 4.79 Å². The molecule has 2 aliphatic heterocycles. The molecule has 0 unspecified atom stereocenters. The highest BCUT2D eigenvalue weighted by atomic mass is 19.1. The molecule has 0 saturated carbocycles. The third kappa shape index (κ3) is 5.46. The maximum atomic E-state index is 13.9. The van der Waals surface area contributed by atoms with Crippen molar-refractivity contribution in [1.29, 1.82) is 0 Å². The second kappa shape index (κ2) is 10.6. The van der Waals surface area contributed by atoms with Crippen molar-refractivity contribution in [3.05, 3.63) is 66.0 Å². The molecular formula is C25H31FN4O2. The number of para-hydroxylation sites is 1. The van der Waals surface area contributed by atoms with Crippen LogP contribution in [-0.4, -0.2) is 85.4 Å². The highest BCUT2D eigenvalue weighted by molar-refractivity contribution is 5.94. The lowest BCUT2D eigenvalue weighted by Gasteiger charge is -2.36. The van der Waals surface area contributed by atoms with Gasteiger partial charge in [-0.25, -0.2) is 4.39 Å². The van der Waals surface area contributed by atoms with E-state index in [4.69, 9.17) is 0 Å². The number of anilines is 1. The van der Waals surface area contributed by atoms with E-state index in [1.54, 1.807) is 17.0 Å². The summed E-state index contributed by atoms with van der Waals surface area (Å²) >= 11 is 0. The van der Waals surface area contributed by atoms with Crippen molar-refractivity contribution in [2.24, 2.45) is 0 Å². The molecule has 2 amide bonds. The molecule has 2 aromatic rings. The minimum Gasteiger partial charge on any atom is -0.369 e. The van der Waals surface area contributed by atoms with E-state index in [-0.39, 0.29) is 17.4 Å². The Morgan fingerprint density at radius 1 is 0.750 bits per heavy atom. The molecule has 6 nitrogen and oxygen atoms in total. The van der Waals surface area contributed by atoms with Crippen LogP contribution in [0.4, 0.5) is 10.1 Å². The molecule has 32 heavy (non-hydrogen) atoms. The summed E-state index contributed by atoms with van der Waals surface area (Å²) in [5.41, 5.74) is 1.37. The number of hydrogen-bond donors (Lipinski definition) is 0. The molecule has 2 heterocycles. The molecule has 0 N–H and O–H groups in total. The average molecular weight is 439 g/mol. The number of amides is 2. The van der Waals surface area contributed by atoms with Crippen LogP contribution in [0.5, 0.6) is 0 Å². The molecule has 0 aliphatic carbocycles. The van der Waals surface area contributed by atoms with Gasteiger partial charge in [-0.15, -0.1) is 0 Å². The molecule has 0 radical (unpaired) electrons. The normalized spacial score (nSPS) is 17.5.